The van der Waals surface area contributed by atoms with Crippen LogP contribution in [0.25, 0.3) is 0 Å². The van der Waals surface area contributed by atoms with Gasteiger partial charge in [-0.1, -0.05) is 18.2 Å². The fourth-order valence-corrected chi connectivity index (χ4v) is 2.82. The van der Waals surface area contributed by atoms with Crippen molar-refractivity contribution in [1.29, 1.82) is 5.26 Å². The molecule has 0 aliphatic heterocycles. The number of aryl methyl sites for hydroxylation is 1. The van der Waals surface area contributed by atoms with E-state index in [4.69, 9.17) is 10.00 Å². The molecule has 3 rings (SSSR count). The van der Waals surface area contributed by atoms with Gasteiger partial charge in [-0.2, -0.15) is 5.26 Å². The molecule has 1 aliphatic rings. The monoisotopic (exact) mass is 279 g/mol. The lowest BCUT2D eigenvalue weighted by Crippen LogP contribution is -2.01. The Labute approximate surface area is 124 Å². The number of fused-ring (bicyclic) bond motifs is 1. The topological polar surface area (TPSA) is 53.2 Å². The molecule has 3 nitrogen and oxygen atoms in total. The molecule has 1 N–H and O–H groups in total. The third kappa shape index (κ3) is 2.63. The first-order valence-corrected chi connectivity index (χ1v) is 7.11. The first-order valence-electron chi connectivity index (χ1n) is 7.11. The van der Waals surface area contributed by atoms with Gasteiger partial charge in [0.2, 0.25) is 0 Å². The Bertz CT molecular complexity index is 716. The minimum Gasteiger partial charge on any atom is -0.489 e. The van der Waals surface area contributed by atoms with Crippen LogP contribution in [0.2, 0.25) is 0 Å². The zero-order chi connectivity index (χ0) is 14.8. The summed E-state index contributed by atoms with van der Waals surface area (Å²) in [6.07, 6.45) is 1.27. The molecule has 0 spiro atoms. The largest absolute Gasteiger partial charge is 0.489 e. The summed E-state index contributed by atoms with van der Waals surface area (Å²) >= 11 is 0. The van der Waals surface area contributed by atoms with Crippen molar-refractivity contribution in [2.75, 3.05) is 0 Å². The van der Waals surface area contributed by atoms with Crippen molar-refractivity contribution in [2.45, 2.75) is 32.5 Å². The van der Waals surface area contributed by atoms with Crippen LogP contribution in [0.15, 0.2) is 36.4 Å². The second-order valence-corrected chi connectivity index (χ2v) is 5.42. The first kappa shape index (κ1) is 13.7. The highest BCUT2D eigenvalue weighted by atomic mass is 16.5. The van der Waals surface area contributed by atoms with Gasteiger partial charge in [0.25, 0.3) is 0 Å². The van der Waals surface area contributed by atoms with E-state index in [9.17, 15) is 5.11 Å². The van der Waals surface area contributed by atoms with Gasteiger partial charge in [-0.25, -0.2) is 0 Å². The molecule has 21 heavy (non-hydrogen) atoms. The number of aliphatic hydroxyl groups excluding tert-OH is 1. The van der Waals surface area contributed by atoms with Gasteiger partial charge in [0.1, 0.15) is 12.4 Å². The molecule has 0 aromatic heterocycles. The number of hydrogen-bond acceptors (Lipinski definition) is 3. The van der Waals surface area contributed by atoms with E-state index in [1.165, 1.54) is 0 Å². The van der Waals surface area contributed by atoms with E-state index in [2.05, 4.69) is 6.07 Å². The maximum atomic E-state index is 9.91. The maximum absolute atomic E-state index is 9.91. The minimum atomic E-state index is -0.361. The molecule has 3 heteroatoms. The van der Waals surface area contributed by atoms with Crippen molar-refractivity contribution in [1.82, 2.24) is 0 Å². The van der Waals surface area contributed by atoms with E-state index in [-0.39, 0.29) is 6.10 Å². The molecule has 0 radical (unpaired) electrons. The van der Waals surface area contributed by atoms with E-state index >= 15 is 0 Å². The highest BCUT2D eigenvalue weighted by molar-refractivity contribution is 5.45. The minimum absolute atomic E-state index is 0.361. The molecule has 0 bridgehead atoms. The molecule has 0 fully saturated rings. The Morgan fingerprint density at radius 1 is 1.33 bits per heavy atom. The third-order valence-electron chi connectivity index (χ3n) is 4.05. The van der Waals surface area contributed by atoms with Crippen LogP contribution in [0.1, 0.15) is 40.3 Å². The van der Waals surface area contributed by atoms with Crippen LogP contribution in [0.3, 0.4) is 0 Å². The highest BCUT2D eigenvalue weighted by Crippen LogP contribution is 2.37. The Hall–Kier alpha value is -2.31. The summed E-state index contributed by atoms with van der Waals surface area (Å²) in [6, 6.07) is 13.6. The summed E-state index contributed by atoms with van der Waals surface area (Å²) < 4.78 is 5.94. The Kier molecular flexibility index (Phi) is 3.64. The standard InChI is InChI=1S/C18H17NO2/c1-12-9-13(10-19)5-6-14(12)11-21-18-4-2-3-15-16(18)7-8-17(15)20/h2-6,9,17,20H,7-8,11H2,1H3. The molecule has 0 saturated heterocycles. The van der Waals surface area contributed by atoms with Crippen LogP contribution in [-0.2, 0) is 13.0 Å². The zero-order valence-electron chi connectivity index (χ0n) is 12.0. The van der Waals surface area contributed by atoms with E-state index in [1.54, 1.807) is 0 Å². The summed E-state index contributed by atoms with van der Waals surface area (Å²) in [7, 11) is 0. The fraction of sp³-hybridized carbons (Fsp3) is 0.278. The molecule has 1 atom stereocenters. The second-order valence-electron chi connectivity index (χ2n) is 5.42. The second kappa shape index (κ2) is 5.59. The number of nitriles is 1. The van der Waals surface area contributed by atoms with Crippen molar-refractivity contribution < 1.29 is 9.84 Å². The summed E-state index contributed by atoms with van der Waals surface area (Å²) in [5.74, 6) is 0.854. The third-order valence-corrected chi connectivity index (χ3v) is 4.05. The Morgan fingerprint density at radius 3 is 2.95 bits per heavy atom. The quantitative estimate of drug-likeness (QED) is 0.936. The van der Waals surface area contributed by atoms with E-state index in [1.807, 2.05) is 43.3 Å². The van der Waals surface area contributed by atoms with Crippen LogP contribution in [0.4, 0.5) is 0 Å². The lowest BCUT2D eigenvalue weighted by Gasteiger charge is -2.13. The van der Waals surface area contributed by atoms with Gasteiger partial charge < -0.3 is 9.84 Å². The predicted octanol–water partition coefficient (Wildman–Crippen LogP) is 3.43. The predicted molar refractivity (Wildman–Crippen MR) is 79.9 cm³/mol. The highest BCUT2D eigenvalue weighted by Gasteiger charge is 2.23. The zero-order valence-corrected chi connectivity index (χ0v) is 12.0. The van der Waals surface area contributed by atoms with Crippen LogP contribution >= 0.6 is 0 Å². The number of hydrogen-bond donors (Lipinski definition) is 1. The van der Waals surface area contributed by atoms with Crippen LogP contribution in [0.5, 0.6) is 5.75 Å². The Morgan fingerprint density at radius 2 is 2.19 bits per heavy atom. The maximum Gasteiger partial charge on any atom is 0.123 e. The average Bonchev–Trinajstić information content (AvgIpc) is 2.88. The number of rotatable bonds is 3. The van der Waals surface area contributed by atoms with Crippen LogP contribution < -0.4 is 4.74 Å². The number of aliphatic hydroxyl groups is 1. The van der Waals surface area contributed by atoms with Crippen molar-refractivity contribution in [3.63, 3.8) is 0 Å². The lowest BCUT2D eigenvalue weighted by atomic mass is 10.1. The average molecular weight is 279 g/mol. The van der Waals surface area contributed by atoms with Crippen molar-refractivity contribution in [3.05, 3.63) is 64.2 Å². The van der Waals surface area contributed by atoms with Gasteiger partial charge in [0, 0.05) is 5.56 Å². The molecule has 106 valence electrons. The summed E-state index contributed by atoms with van der Waals surface area (Å²) in [5.41, 5.74) is 4.91. The number of ether oxygens (including phenoxy) is 1. The van der Waals surface area contributed by atoms with Crippen molar-refractivity contribution in [2.24, 2.45) is 0 Å². The Balaban J connectivity index is 1.79. The first-order chi connectivity index (χ1) is 10.2. The van der Waals surface area contributed by atoms with E-state index < -0.39 is 0 Å². The summed E-state index contributed by atoms with van der Waals surface area (Å²) in [5, 5.41) is 18.8. The molecular formula is C18H17NO2. The van der Waals surface area contributed by atoms with Crippen LogP contribution in [0, 0.1) is 18.3 Å². The molecule has 2 aromatic carbocycles. The SMILES string of the molecule is Cc1cc(C#N)ccc1COc1cccc2c1CCC2O. The van der Waals surface area contributed by atoms with Crippen molar-refractivity contribution >= 4 is 0 Å². The van der Waals surface area contributed by atoms with Gasteiger partial charge in [0.05, 0.1) is 17.7 Å². The lowest BCUT2D eigenvalue weighted by molar-refractivity contribution is 0.180. The fourth-order valence-electron chi connectivity index (χ4n) is 2.82. The molecule has 0 amide bonds. The smallest absolute Gasteiger partial charge is 0.123 e. The van der Waals surface area contributed by atoms with E-state index in [0.717, 1.165) is 40.8 Å². The normalized spacial score (nSPS) is 16.3. The molecule has 0 saturated carbocycles. The van der Waals surface area contributed by atoms with Gasteiger partial charge in [-0.05, 0) is 54.7 Å². The van der Waals surface area contributed by atoms with E-state index in [0.29, 0.717) is 12.2 Å². The summed E-state index contributed by atoms with van der Waals surface area (Å²) in [6.45, 7) is 2.46. The van der Waals surface area contributed by atoms with Gasteiger partial charge >= 0.3 is 0 Å². The molecule has 1 unspecified atom stereocenters. The number of benzene rings is 2. The molecular weight excluding hydrogens is 262 g/mol. The van der Waals surface area contributed by atoms with Gasteiger partial charge in [-0.15, -0.1) is 0 Å². The molecule has 0 heterocycles. The molecule has 2 aromatic rings. The van der Waals surface area contributed by atoms with Gasteiger partial charge in [0.15, 0.2) is 0 Å². The van der Waals surface area contributed by atoms with Gasteiger partial charge in [-0.3, -0.25) is 0 Å². The number of nitrogens with zero attached hydrogens (tertiary/aromatic N) is 1. The summed E-state index contributed by atoms with van der Waals surface area (Å²) in [4.78, 5) is 0. The van der Waals surface area contributed by atoms with Crippen LogP contribution in [-0.4, -0.2) is 5.11 Å². The molecule has 1 aliphatic carbocycles. The van der Waals surface area contributed by atoms with Crippen molar-refractivity contribution in [3.8, 4) is 11.8 Å².